The molecule has 1 aliphatic carbocycles. The zero-order chi connectivity index (χ0) is 21.1. The maximum atomic E-state index is 12.6. The molecule has 0 radical (unpaired) electrons. The summed E-state index contributed by atoms with van der Waals surface area (Å²) in [5, 5.41) is 13.3. The van der Waals surface area contributed by atoms with E-state index in [1.807, 2.05) is 60.7 Å². The van der Waals surface area contributed by atoms with Crippen LogP contribution in [0.1, 0.15) is 31.2 Å². The number of nitro groups is 1. The lowest BCUT2D eigenvalue weighted by Gasteiger charge is -2.32. The number of hydrogen-bond acceptors (Lipinski definition) is 6. The van der Waals surface area contributed by atoms with Crippen LogP contribution in [0.4, 0.5) is 5.69 Å². The Morgan fingerprint density at radius 2 is 1.83 bits per heavy atom. The number of para-hydroxylation sites is 1. The van der Waals surface area contributed by atoms with Crippen molar-refractivity contribution < 1.29 is 19.3 Å². The van der Waals surface area contributed by atoms with Crippen molar-refractivity contribution in [2.24, 2.45) is 11.8 Å². The van der Waals surface area contributed by atoms with Crippen molar-refractivity contribution in [3.8, 4) is 0 Å². The summed E-state index contributed by atoms with van der Waals surface area (Å²) in [7, 11) is 0. The second kappa shape index (κ2) is 8.83. The Bertz CT molecular complexity index is 876. The molecule has 1 aliphatic heterocycles. The molecule has 2 aromatic rings. The fourth-order valence-corrected chi connectivity index (χ4v) is 5.03. The van der Waals surface area contributed by atoms with Gasteiger partial charge in [-0.3, -0.25) is 15.0 Å². The molecule has 0 N–H and O–H groups in total. The zero-order valence-electron chi connectivity index (χ0n) is 16.9. The average molecular weight is 410 g/mol. The minimum atomic E-state index is -0.688. The molecule has 0 amide bonds. The third kappa shape index (κ3) is 3.89. The molecular weight excluding hydrogens is 384 g/mol. The molecule has 30 heavy (non-hydrogen) atoms. The molecule has 4 rings (SSSR count). The number of anilines is 1. The summed E-state index contributed by atoms with van der Waals surface area (Å²) < 4.78 is 5.26. The van der Waals surface area contributed by atoms with Gasteiger partial charge in [0.2, 0.25) is 6.54 Å². The van der Waals surface area contributed by atoms with Crippen LogP contribution < -0.4 is 5.06 Å². The zero-order valence-corrected chi connectivity index (χ0v) is 16.9. The highest BCUT2D eigenvalue weighted by molar-refractivity contribution is 5.76. The van der Waals surface area contributed by atoms with Gasteiger partial charge < -0.3 is 4.74 Å². The summed E-state index contributed by atoms with van der Waals surface area (Å²) in [4.78, 5) is 30.0. The minimum absolute atomic E-state index is 0.0116. The van der Waals surface area contributed by atoms with E-state index in [0.717, 1.165) is 24.1 Å². The van der Waals surface area contributed by atoms with E-state index in [1.165, 1.54) is 0 Å². The summed E-state index contributed by atoms with van der Waals surface area (Å²) in [6, 6.07) is 19.1. The molecule has 7 heteroatoms. The molecule has 0 unspecified atom stereocenters. The van der Waals surface area contributed by atoms with Crippen molar-refractivity contribution in [1.82, 2.24) is 0 Å². The van der Waals surface area contributed by atoms with Crippen LogP contribution in [0.15, 0.2) is 60.7 Å². The predicted molar refractivity (Wildman–Crippen MR) is 111 cm³/mol. The van der Waals surface area contributed by atoms with Gasteiger partial charge in [0.15, 0.2) is 6.10 Å². The molecule has 0 bridgehead atoms. The number of benzene rings is 2. The molecule has 1 heterocycles. The highest BCUT2D eigenvalue weighted by atomic mass is 16.7. The highest BCUT2D eigenvalue weighted by Crippen LogP contribution is 2.50. The number of hydrogen-bond donors (Lipinski definition) is 0. The number of hydroxylamine groups is 1. The van der Waals surface area contributed by atoms with Gasteiger partial charge in [0.05, 0.1) is 24.3 Å². The van der Waals surface area contributed by atoms with Crippen LogP contribution in [0.5, 0.6) is 0 Å². The van der Waals surface area contributed by atoms with Gasteiger partial charge in [-0.1, -0.05) is 48.5 Å². The Labute approximate surface area is 175 Å². The van der Waals surface area contributed by atoms with Gasteiger partial charge in [0.25, 0.3) is 0 Å². The number of nitrogens with zero attached hydrogens (tertiary/aromatic N) is 2. The maximum Gasteiger partial charge on any atom is 0.338 e. The Morgan fingerprint density at radius 3 is 2.47 bits per heavy atom. The van der Waals surface area contributed by atoms with E-state index in [1.54, 1.807) is 12.0 Å². The molecule has 1 saturated heterocycles. The number of carbonyl (C=O) groups is 1. The number of fused-ring (bicyclic) bond motifs is 1. The second-order valence-corrected chi connectivity index (χ2v) is 7.87. The van der Waals surface area contributed by atoms with Gasteiger partial charge in [-0.25, -0.2) is 9.86 Å². The van der Waals surface area contributed by atoms with Crippen LogP contribution in [-0.4, -0.2) is 36.2 Å². The van der Waals surface area contributed by atoms with E-state index in [-0.39, 0.29) is 41.2 Å². The summed E-state index contributed by atoms with van der Waals surface area (Å²) in [6.07, 6.45) is 0.876. The van der Waals surface area contributed by atoms with Gasteiger partial charge in [-0.15, -0.1) is 0 Å². The monoisotopic (exact) mass is 410 g/mol. The molecule has 0 aromatic heterocycles. The predicted octanol–water partition coefficient (Wildman–Crippen LogP) is 3.83. The Hall–Kier alpha value is -2.93. The number of rotatable bonds is 7. The topological polar surface area (TPSA) is 81.9 Å². The quantitative estimate of drug-likeness (QED) is 0.392. The Morgan fingerprint density at radius 1 is 1.17 bits per heavy atom. The minimum Gasteiger partial charge on any atom is -0.464 e. The molecule has 1 saturated carbocycles. The van der Waals surface area contributed by atoms with E-state index < -0.39 is 6.10 Å². The van der Waals surface area contributed by atoms with E-state index >= 15 is 0 Å². The lowest BCUT2D eigenvalue weighted by molar-refractivity contribution is -0.485. The van der Waals surface area contributed by atoms with Gasteiger partial charge in [0, 0.05) is 10.8 Å². The SMILES string of the molecule is CCOC(=O)[C@H]1ON(c2ccccc2)[C@@H]2[C@@H]1CC[C@@H]2[C@H](C[N+](=O)[O-])c1ccccc1. The molecule has 7 nitrogen and oxygen atoms in total. The van der Waals surface area contributed by atoms with Crippen LogP contribution in [-0.2, 0) is 14.4 Å². The summed E-state index contributed by atoms with van der Waals surface area (Å²) in [6.45, 7) is 1.92. The first kappa shape index (κ1) is 20.3. The number of esters is 1. The van der Waals surface area contributed by atoms with Crippen molar-refractivity contribution >= 4 is 11.7 Å². The molecule has 0 spiro atoms. The van der Waals surface area contributed by atoms with Gasteiger partial charge in [-0.2, -0.15) is 0 Å². The molecule has 2 fully saturated rings. The average Bonchev–Trinajstić information content (AvgIpc) is 3.34. The lowest BCUT2D eigenvalue weighted by Crippen LogP contribution is -2.39. The molecule has 2 aliphatic rings. The fourth-order valence-electron chi connectivity index (χ4n) is 5.03. The van der Waals surface area contributed by atoms with Crippen molar-refractivity contribution in [2.75, 3.05) is 18.2 Å². The third-order valence-corrected chi connectivity index (χ3v) is 6.22. The van der Waals surface area contributed by atoms with Crippen molar-refractivity contribution in [2.45, 2.75) is 37.8 Å². The Balaban J connectivity index is 1.71. The standard InChI is InChI=1S/C23H26N2O5/c1-2-29-23(26)22-19-14-13-18(20(15-24(27)28)16-9-5-3-6-10-16)21(19)25(30-22)17-11-7-4-8-12-17/h3-12,18-22H,2,13-15H2,1H3/t18-,19+,20-,21+,22+/m1/s1. The smallest absolute Gasteiger partial charge is 0.338 e. The van der Waals surface area contributed by atoms with Crippen LogP contribution >= 0.6 is 0 Å². The molecule has 158 valence electrons. The molecular formula is C23H26N2O5. The van der Waals surface area contributed by atoms with Crippen molar-refractivity contribution in [3.63, 3.8) is 0 Å². The molecule has 5 atom stereocenters. The van der Waals surface area contributed by atoms with E-state index in [0.29, 0.717) is 6.61 Å². The second-order valence-electron chi connectivity index (χ2n) is 7.87. The molecule has 2 aromatic carbocycles. The largest absolute Gasteiger partial charge is 0.464 e. The normalized spacial score (nSPS) is 26.2. The van der Waals surface area contributed by atoms with Crippen molar-refractivity contribution in [3.05, 3.63) is 76.3 Å². The number of carbonyl (C=O) groups excluding carboxylic acids is 1. The summed E-state index contributed by atoms with van der Waals surface area (Å²) in [5.74, 6) is -0.696. The van der Waals surface area contributed by atoms with Crippen LogP contribution in [0.25, 0.3) is 0 Å². The van der Waals surface area contributed by atoms with Gasteiger partial charge in [-0.05, 0) is 43.4 Å². The lowest BCUT2D eigenvalue weighted by atomic mass is 9.80. The highest BCUT2D eigenvalue weighted by Gasteiger charge is 2.56. The van der Waals surface area contributed by atoms with Gasteiger partial charge in [0.1, 0.15) is 0 Å². The fraction of sp³-hybridized carbons (Fsp3) is 0.435. The van der Waals surface area contributed by atoms with Crippen LogP contribution in [0.3, 0.4) is 0 Å². The van der Waals surface area contributed by atoms with Crippen molar-refractivity contribution in [1.29, 1.82) is 0 Å². The first-order valence-electron chi connectivity index (χ1n) is 10.4. The van der Waals surface area contributed by atoms with E-state index in [2.05, 4.69) is 0 Å². The van der Waals surface area contributed by atoms with E-state index in [4.69, 9.17) is 9.57 Å². The maximum absolute atomic E-state index is 12.6. The first-order chi connectivity index (χ1) is 14.6. The van der Waals surface area contributed by atoms with Crippen LogP contribution in [0, 0.1) is 22.0 Å². The van der Waals surface area contributed by atoms with E-state index in [9.17, 15) is 14.9 Å². The summed E-state index contributed by atoms with van der Waals surface area (Å²) >= 11 is 0. The Kier molecular flexibility index (Phi) is 5.99. The third-order valence-electron chi connectivity index (χ3n) is 6.22. The van der Waals surface area contributed by atoms with Crippen LogP contribution in [0.2, 0.25) is 0 Å². The number of ether oxygens (including phenoxy) is 1. The van der Waals surface area contributed by atoms with Gasteiger partial charge >= 0.3 is 5.97 Å². The first-order valence-corrected chi connectivity index (χ1v) is 10.4. The summed E-state index contributed by atoms with van der Waals surface area (Å²) in [5.41, 5.74) is 1.80.